The number of carbonyl (C=O) groups is 1. The Labute approximate surface area is 168 Å². The summed E-state index contributed by atoms with van der Waals surface area (Å²) in [5.41, 5.74) is 5.72. The third kappa shape index (κ3) is 3.31. The van der Waals surface area contributed by atoms with E-state index in [1.165, 1.54) is 10.9 Å². The van der Waals surface area contributed by atoms with Crippen LogP contribution < -0.4 is 5.32 Å². The van der Waals surface area contributed by atoms with Gasteiger partial charge in [-0.3, -0.25) is 4.79 Å². The van der Waals surface area contributed by atoms with E-state index in [0.29, 0.717) is 18.8 Å². The zero-order chi connectivity index (χ0) is 19.6. The van der Waals surface area contributed by atoms with E-state index < -0.39 is 0 Å². The fourth-order valence-corrected chi connectivity index (χ4v) is 3.84. The lowest BCUT2D eigenvalue weighted by atomic mass is 10.1. The fraction of sp³-hybridized carbons (Fsp3) is 0.125. The van der Waals surface area contributed by atoms with Crippen molar-refractivity contribution >= 4 is 27.9 Å². The number of carbonyl (C=O) groups excluding carboxylic acids is 1. The molecule has 0 aliphatic carbocycles. The van der Waals surface area contributed by atoms with Gasteiger partial charge in [0.25, 0.3) is 5.91 Å². The van der Waals surface area contributed by atoms with Crippen LogP contribution in [0.25, 0.3) is 22.0 Å². The van der Waals surface area contributed by atoms with Gasteiger partial charge in [-0.25, -0.2) is 0 Å². The molecule has 0 spiro atoms. The van der Waals surface area contributed by atoms with Gasteiger partial charge in [0.05, 0.1) is 11.8 Å². The summed E-state index contributed by atoms with van der Waals surface area (Å²) in [5, 5.41) is 4.26. The van der Waals surface area contributed by atoms with E-state index in [9.17, 15) is 4.79 Å². The maximum atomic E-state index is 12.9. The van der Waals surface area contributed by atoms with Crippen LogP contribution in [0.1, 0.15) is 21.6 Å². The molecule has 144 valence electrons. The SMILES string of the molecule is O=C(NCCc1c[nH]c2ccccc12)c1cc2occc2n1Cc1ccccc1. The topological polar surface area (TPSA) is 63.0 Å². The molecule has 0 radical (unpaired) electrons. The Morgan fingerprint density at radius 3 is 2.76 bits per heavy atom. The van der Waals surface area contributed by atoms with E-state index in [2.05, 4.69) is 34.6 Å². The molecule has 5 heteroatoms. The predicted molar refractivity (Wildman–Crippen MR) is 114 cm³/mol. The van der Waals surface area contributed by atoms with Crippen molar-refractivity contribution in [2.45, 2.75) is 13.0 Å². The lowest BCUT2D eigenvalue weighted by molar-refractivity contribution is 0.0945. The maximum Gasteiger partial charge on any atom is 0.268 e. The quantitative estimate of drug-likeness (QED) is 0.445. The number of hydrogen-bond donors (Lipinski definition) is 2. The van der Waals surface area contributed by atoms with Crippen molar-refractivity contribution in [3.8, 4) is 0 Å². The van der Waals surface area contributed by atoms with Crippen LogP contribution in [0.3, 0.4) is 0 Å². The number of rotatable bonds is 6. The minimum Gasteiger partial charge on any atom is -0.463 e. The number of aromatic amines is 1. The molecule has 3 heterocycles. The first-order valence-electron chi connectivity index (χ1n) is 9.73. The van der Waals surface area contributed by atoms with Crippen LogP contribution in [0, 0.1) is 0 Å². The smallest absolute Gasteiger partial charge is 0.268 e. The first-order valence-corrected chi connectivity index (χ1v) is 9.73. The van der Waals surface area contributed by atoms with Gasteiger partial charge in [-0.2, -0.15) is 0 Å². The highest BCUT2D eigenvalue weighted by molar-refractivity contribution is 5.97. The number of fused-ring (bicyclic) bond motifs is 2. The Bertz CT molecular complexity index is 1280. The molecule has 0 atom stereocenters. The molecule has 0 aliphatic heterocycles. The van der Waals surface area contributed by atoms with Crippen LogP contribution in [0.4, 0.5) is 0 Å². The van der Waals surface area contributed by atoms with E-state index in [1.807, 2.05) is 53.2 Å². The molecule has 2 N–H and O–H groups in total. The average molecular weight is 383 g/mol. The third-order valence-corrected chi connectivity index (χ3v) is 5.29. The highest BCUT2D eigenvalue weighted by atomic mass is 16.3. The van der Waals surface area contributed by atoms with Crippen molar-refractivity contribution < 1.29 is 9.21 Å². The zero-order valence-electron chi connectivity index (χ0n) is 15.9. The second kappa shape index (κ2) is 7.36. The molecule has 0 fully saturated rings. The molecular weight excluding hydrogens is 362 g/mol. The third-order valence-electron chi connectivity index (χ3n) is 5.29. The number of aromatic nitrogens is 2. The summed E-state index contributed by atoms with van der Waals surface area (Å²) in [6.07, 6.45) is 4.44. The summed E-state index contributed by atoms with van der Waals surface area (Å²) in [7, 11) is 0. The molecule has 0 aliphatic rings. The summed E-state index contributed by atoms with van der Waals surface area (Å²) in [5.74, 6) is -0.0906. The van der Waals surface area contributed by atoms with Crippen molar-refractivity contribution in [3.05, 3.63) is 96.0 Å². The molecule has 0 unspecified atom stereocenters. The second-order valence-electron chi connectivity index (χ2n) is 7.14. The molecule has 2 aromatic carbocycles. The first kappa shape index (κ1) is 17.4. The standard InChI is InChI=1S/C24H21N3O2/c28-24(25-12-10-18-15-26-20-9-5-4-8-19(18)20)22-14-23-21(11-13-29-23)27(22)16-17-6-2-1-3-7-17/h1-9,11,13-15,26H,10,12,16H2,(H,25,28). The molecule has 5 aromatic rings. The largest absolute Gasteiger partial charge is 0.463 e. The summed E-state index contributed by atoms with van der Waals surface area (Å²) >= 11 is 0. The zero-order valence-corrected chi connectivity index (χ0v) is 15.9. The Hall–Kier alpha value is -3.73. The number of amides is 1. The highest BCUT2D eigenvalue weighted by Gasteiger charge is 2.17. The van der Waals surface area contributed by atoms with Crippen molar-refractivity contribution in [1.82, 2.24) is 14.9 Å². The number of nitrogens with one attached hydrogen (secondary N) is 2. The number of furan rings is 1. The minimum absolute atomic E-state index is 0.0906. The molecule has 29 heavy (non-hydrogen) atoms. The molecule has 1 amide bonds. The molecule has 5 rings (SSSR count). The van der Waals surface area contributed by atoms with Crippen LogP contribution >= 0.6 is 0 Å². The lowest BCUT2D eigenvalue weighted by Crippen LogP contribution is -2.28. The molecule has 0 saturated heterocycles. The van der Waals surface area contributed by atoms with Gasteiger partial charge < -0.3 is 19.3 Å². The molecule has 0 bridgehead atoms. The van der Waals surface area contributed by atoms with E-state index in [1.54, 1.807) is 6.26 Å². The van der Waals surface area contributed by atoms with Gasteiger partial charge in [0.2, 0.25) is 0 Å². The van der Waals surface area contributed by atoms with Crippen molar-refractivity contribution in [1.29, 1.82) is 0 Å². The summed E-state index contributed by atoms with van der Waals surface area (Å²) < 4.78 is 7.54. The Kier molecular flexibility index (Phi) is 4.41. The van der Waals surface area contributed by atoms with Crippen LogP contribution in [0.5, 0.6) is 0 Å². The highest BCUT2D eigenvalue weighted by Crippen LogP contribution is 2.23. The Morgan fingerprint density at radius 1 is 1.03 bits per heavy atom. The molecule has 3 aromatic heterocycles. The summed E-state index contributed by atoms with van der Waals surface area (Å²) in [4.78, 5) is 16.2. The number of benzene rings is 2. The first-order chi connectivity index (χ1) is 14.3. The van der Waals surface area contributed by atoms with E-state index in [-0.39, 0.29) is 5.91 Å². The monoisotopic (exact) mass is 383 g/mol. The van der Waals surface area contributed by atoms with Crippen LogP contribution in [-0.4, -0.2) is 22.0 Å². The van der Waals surface area contributed by atoms with Crippen molar-refractivity contribution in [3.63, 3.8) is 0 Å². The lowest BCUT2D eigenvalue weighted by Gasteiger charge is -2.11. The van der Waals surface area contributed by atoms with Gasteiger partial charge in [-0.05, 0) is 23.6 Å². The van der Waals surface area contributed by atoms with Gasteiger partial charge in [0.15, 0.2) is 5.58 Å². The summed E-state index contributed by atoms with van der Waals surface area (Å²) in [6.45, 7) is 1.19. The fourth-order valence-electron chi connectivity index (χ4n) is 3.84. The average Bonchev–Trinajstić information content (AvgIpc) is 3.45. The van der Waals surface area contributed by atoms with Crippen LogP contribution in [0.2, 0.25) is 0 Å². The van der Waals surface area contributed by atoms with E-state index in [0.717, 1.165) is 28.6 Å². The van der Waals surface area contributed by atoms with Gasteiger partial charge in [0.1, 0.15) is 5.69 Å². The molecule has 5 nitrogen and oxygen atoms in total. The van der Waals surface area contributed by atoms with E-state index in [4.69, 9.17) is 4.42 Å². The van der Waals surface area contributed by atoms with Gasteiger partial charge in [-0.1, -0.05) is 48.5 Å². The number of hydrogen-bond acceptors (Lipinski definition) is 2. The van der Waals surface area contributed by atoms with Crippen molar-refractivity contribution in [2.75, 3.05) is 6.54 Å². The number of para-hydroxylation sites is 1. The second-order valence-corrected chi connectivity index (χ2v) is 7.14. The van der Waals surface area contributed by atoms with Gasteiger partial charge in [0, 0.05) is 42.3 Å². The number of H-pyrrole nitrogens is 1. The van der Waals surface area contributed by atoms with Gasteiger partial charge >= 0.3 is 0 Å². The van der Waals surface area contributed by atoms with Crippen LogP contribution in [0.15, 0.2) is 83.6 Å². The predicted octanol–water partition coefficient (Wildman–Crippen LogP) is 4.74. The Balaban J connectivity index is 1.34. The number of nitrogens with zero attached hydrogens (tertiary/aromatic N) is 1. The van der Waals surface area contributed by atoms with Gasteiger partial charge in [-0.15, -0.1) is 0 Å². The Morgan fingerprint density at radius 2 is 1.86 bits per heavy atom. The van der Waals surface area contributed by atoms with Crippen LogP contribution in [-0.2, 0) is 13.0 Å². The minimum atomic E-state index is -0.0906. The normalized spacial score (nSPS) is 11.3. The maximum absolute atomic E-state index is 12.9. The van der Waals surface area contributed by atoms with E-state index >= 15 is 0 Å². The molecule has 0 saturated carbocycles. The van der Waals surface area contributed by atoms with Crippen molar-refractivity contribution in [2.24, 2.45) is 0 Å². The molecular formula is C24H21N3O2. The summed E-state index contributed by atoms with van der Waals surface area (Å²) in [6, 6.07) is 22.1.